The average Bonchev–Trinajstić information content (AvgIpc) is 2.03. The molecule has 0 fully saturated rings. The molecule has 0 bridgehead atoms. The summed E-state index contributed by atoms with van der Waals surface area (Å²) < 4.78 is 0. The molecule has 0 N–H and O–H groups in total. The largest absolute Gasteiger partial charge is 0.234 e. The molecule has 0 heterocycles. The number of nitrogens with zero attached hydrogens (tertiary/aromatic N) is 1. The second-order valence-electron chi connectivity index (χ2n) is 2.38. The van der Waals surface area contributed by atoms with Crippen LogP contribution < -0.4 is 0 Å². The SMILES string of the molecule is CSCCCCCCN=C=O. The maximum Gasteiger partial charge on any atom is 0.234 e. The van der Waals surface area contributed by atoms with E-state index in [1.165, 1.54) is 25.0 Å². The average molecular weight is 173 g/mol. The fourth-order valence-electron chi connectivity index (χ4n) is 0.836. The summed E-state index contributed by atoms with van der Waals surface area (Å²) in [5.74, 6) is 1.25. The van der Waals surface area contributed by atoms with Crippen molar-refractivity contribution >= 4 is 17.8 Å². The van der Waals surface area contributed by atoms with E-state index in [1.54, 1.807) is 6.08 Å². The first kappa shape index (κ1) is 10.7. The van der Waals surface area contributed by atoms with Crippen molar-refractivity contribution in [3.63, 3.8) is 0 Å². The monoisotopic (exact) mass is 173 g/mol. The van der Waals surface area contributed by atoms with E-state index in [-0.39, 0.29) is 0 Å². The second-order valence-corrected chi connectivity index (χ2v) is 3.37. The summed E-state index contributed by atoms with van der Waals surface area (Å²) in [6.45, 7) is 0.656. The van der Waals surface area contributed by atoms with Gasteiger partial charge in [-0.3, -0.25) is 0 Å². The lowest BCUT2D eigenvalue weighted by molar-refractivity contribution is 0.561. The van der Waals surface area contributed by atoms with E-state index in [0.29, 0.717) is 6.54 Å². The van der Waals surface area contributed by atoms with Crippen LogP contribution in [0.25, 0.3) is 0 Å². The van der Waals surface area contributed by atoms with Gasteiger partial charge in [0.25, 0.3) is 0 Å². The third kappa shape index (κ3) is 9.73. The Hall–Kier alpha value is -0.270. The molecule has 0 aliphatic carbocycles. The smallest absolute Gasteiger partial charge is 0.211 e. The van der Waals surface area contributed by atoms with E-state index in [1.807, 2.05) is 11.8 Å². The second kappa shape index (κ2) is 9.73. The van der Waals surface area contributed by atoms with Gasteiger partial charge < -0.3 is 0 Å². The van der Waals surface area contributed by atoms with Crippen molar-refractivity contribution in [1.29, 1.82) is 0 Å². The predicted molar refractivity (Wildman–Crippen MR) is 49.8 cm³/mol. The Morgan fingerprint density at radius 2 is 2.00 bits per heavy atom. The third-order valence-electron chi connectivity index (χ3n) is 1.43. The number of carbonyl (C=O) groups excluding carboxylic acids is 1. The zero-order valence-corrected chi connectivity index (χ0v) is 7.82. The van der Waals surface area contributed by atoms with Crippen LogP contribution >= 0.6 is 11.8 Å². The number of unbranched alkanes of at least 4 members (excludes halogenated alkanes) is 3. The number of rotatable bonds is 7. The number of hydrogen-bond acceptors (Lipinski definition) is 3. The van der Waals surface area contributed by atoms with Gasteiger partial charge in [-0.15, -0.1) is 0 Å². The molecule has 0 aliphatic heterocycles. The molecule has 0 unspecified atom stereocenters. The standard InChI is InChI=1S/C8H15NOS/c1-11-7-5-3-2-4-6-9-8-10/h2-7H2,1H3. The van der Waals surface area contributed by atoms with Gasteiger partial charge in [0.05, 0.1) is 6.54 Å². The molecule has 11 heavy (non-hydrogen) atoms. The van der Waals surface area contributed by atoms with Crippen molar-refractivity contribution in [2.75, 3.05) is 18.6 Å². The van der Waals surface area contributed by atoms with Crippen LogP contribution in [0.3, 0.4) is 0 Å². The summed E-state index contributed by atoms with van der Waals surface area (Å²) in [7, 11) is 0. The van der Waals surface area contributed by atoms with Crippen molar-refractivity contribution in [3.05, 3.63) is 0 Å². The minimum absolute atomic E-state index is 0.656. The van der Waals surface area contributed by atoms with E-state index in [4.69, 9.17) is 0 Å². The van der Waals surface area contributed by atoms with Crippen molar-refractivity contribution in [1.82, 2.24) is 0 Å². The number of aliphatic imine (C=N–C) groups is 1. The lowest BCUT2D eigenvalue weighted by Crippen LogP contribution is -1.83. The molecule has 0 atom stereocenters. The maximum atomic E-state index is 9.65. The van der Waals surface area contributed by atoms with Crippen LogP contribution in [0, 0.1) is 0 Å². The van der Waals surface area contributed by atoms with Crippen LogP contribution in [0.5, 0.6) is 0 Å². The summed E-state index contributed by atoms with van der Waals surface area (Å²) in [6.07, 6.45) is 8.42. The molecule has 0 aromatic heterocycles. The van der Waals surface area contributed by atoms with Crippen LogP contribution in [0.2, 0.25) is 0 Å². The van der Waals surface area contributed by atoms with Crippen LogP contribution in [0.4, 0.5) is 0 Å². The van der Waals surface area contributed by atoms with Gasteiger partial charge in [-0.05, 0) is 24.9 Å². The minimum atomic E-state index is 0.656. The molecule has 0 spiro atoms. The highest BCUT2D eigenvalue weighted by molar-refractivity contribution is 7.98. The van der Waals surface area contributed by atoms with Crippen molar-refractivity contribution < 1.29 is 4.79 Å². The van der Waals surface area contributed by atoms with Gasteiger partial charge in [0.1, 0.15) is 0 Å². The minimum Gasteiger partial charge on any atom is -0.211 e. The molecule has 0 aliphatic rings. The summed E-state index contributed by atoms with van der Waals surface area (Å²) in [4.78, 5) is 13.1. The van der Waals surface area contributed by atoms with E-state index >= 15 is 0 Å². The Kier molecular flexibility index (Phi) is 9.49. The topological polar surface area (TPSA) is 29.4 Å². The molecule has 0 radical (unpaired) electrons. The fraction of sp³-hybridized carbons (Fsp3) is 0.875. The van der Waals surface area contributed by atoms with Gasteiger partial charge in [-0.2, -0.15) is 11.8 Å². The molecule has 0 saturated carbocycles. The van der Waals surface area contributed by atoms with Gasteiger partial charge in [0, 0.05) is 0 Å². The maximum absolute atomic E-state index is 9.65. The molecule has 0 aromatic carbocycles. The van der Waals surface area contributed by atoms with E-state index < -0.39 is 0 Å². The zero-order valence-electron chi connectivity index (χ0n) is 7.01. The van der Waals surface area contributed by atoms with Gasteiger partial charge >= 0.3 is 0 Å². The molecule has 3 heteroatoms. The third-order valence-corrected chi connectivity index (χ3v) is 2.13. The number of hydrogen-bond donors (Lipinski definition) is 0. The van der Waals surface area contributed by atoms with E-state index in [0.717, 1.165) is 6.42 Å². The molecule has 0 amide bonds. The van der Waals surface area contributed by atoms with Crippen LogP contribution in [-0.2, 0) is 4.79 Å². The molecular formula is C8H15NOS. The highest BCUT2D eigenvalue weighted by Crippen LogP contribution is 2.04. The first-order chi connectivity index (χ1) is 5.41. The quantitative estimate of drug-likeness (QED) is 0.336. The lowest BCUT2D eigenvalue weighted by Gasteiger charge is -1.95. The van der Waals surface area contributed by atoms with Gasteiger partial charge in [0.2, 0.25) is 6.08 Å². The van der Waals surface area contributed by atoms with Crippen LogP contribution in [0.1, 0.15) is 25.7 Å². The summed E-state index contributed by atoms with van der Waals surface area (Å²) >= 11 is 1.88. The highest BCUT2D eigenvalue weighted by atomic mass is 32.2. The summed E-state index contributed by atoms with van der Waals surface area (Å²) in [5, 5.41) is 0. The molecule has 0 aromatic rings. The molecule has 64 valence electrons. The Balaban J connectivity index is 2.84. The molecule has 2 nitrogen and oxygen atoms in total. The van der Waals surface area contributed by atoms with Crippen LogP contribution in [-0.4, -0.2) is 24.6 Å². The van der Waals surface area contributed by atoms with Gasteiger partial charge in [-0.1, -0.05) is 12.8 Å². The van der Waals surface area contributed by atoms with Gasteiger partial charge in [0.15, 0.2) is 0 Å². The molecule has 0 rings (SSSR count). The first-order valence-corrected chi connectivity index (χ1v) is 5.33. The normalized spacial score (nSPS) is 9.18. The van der Waals surface area contributed by atoms with Crippen molar-refractivity contribution in [3.8, 4) is 0 Å². The molecule has 0 saturated heterocycles. The Morgan fingerprint density at radius 3 is 2.64 bits per heavy atom. The number of isocyanates is 1. The fourth-order valence-corrected chi connectivity index (χ4v) is 1.33. The van der Waals surface area contributed by atoms with Gasteiger partial charge in [-0.25, -0.2) is 9.79 Å². The van der Waals surface area contributed by atoms with E-state index in [2.05, 4.69) is 11.2 Å². The summed E-state index contributed by atoms with van der Waals surface area (Å²) in [6, 6.07) is 0. The molecular weight excluding hydrogens is 158 g/mol. The Bertz CT molecular complexity index is 121. The van der Waals surface area contributed by atoms with Crippen LogP contribution in [0.15, 0.2) is 4.99 Å². The zero-order chi connectivity index (χ0) is 8.36. The lowest BCUT2D eigenvalue weighted by atomic mass is 10.2. The van der Waals surface area contributed by atoms with E-state index in [9.17, 15) is 4.79 Å². The Morgan fingerprint density at radius 1 is 1.27 bits per heavy atom. The van der Waals surface area contributed by atoms with Crippen molar-refractivity contribution in [2.45, 2.75) is 25.7 Å². The highest BCUT2D eigenvalue weighted by Gasteiger charge is 1.87. The number of thioether (sulfide) groups is 1. The van der Waals surface area contributed by atoms with Crippen molar-refractivity contribution in [2.24, 2.45) is 4.99 Å². The predicted octanol–water partition coefficient (Wildman–Crippen LogP) is 2.25. The summed E-state index contributed by atoms with van der Waals surface area (Å²) in [5.41, 5.74) is 0. The first-order valence-electron chi connectivity index (χ1n) is 3.94. The Labute approximate surface area is 72.5 Å².